The zero-order valence-corrected chi connectivity index (χ0v) is 18.8. The van der Waals surface area contributed by atoms with Crippen LogP contribution < -0.4 is 10.1 Å². The maximum absolute atomic E-state index is 12.7. The molecule has 0 bridgehead atoms. The number of benzene rings is 1. The lowest BCUT2D eigenvalue weighted by Gasteiger charge is -2.07. The molecule has 29 heavy (non-hydrogen) atoms. The van der Waals surface area contributed by atoms with Crippen LogP contribution in [0.4, 0.5) is 5.00 Å². The number of rotatable bonds is 6. The maximum Gasteiger partial charge on any atom is 0.341 e. The Balaban J connectivity index is 1.71. The zero-order chi connectivity index (χ0) is 21.1. The van der Waals surface area contributed by atoms with E-state index in [1.54, 1.807) is 12.1 Å². The van der Waals surface area contributed by atoms with E-state index in [0.717, 1.165) is 21.6 Å². The molecule has 0 spiro atoms. The molecule has 3 rings (SSSR count). The highest BCUT2D eigenvalue weighted by Crippen LogP contribution is 2.33. The molecule has 0 aliphatic carbocycles. The Labute approximate surface area is 182 Å². The molecule has 5 nitrogen and oxygen atoms in total. The standard InChI is InChI=1S/C21H20ClNO4S2/c1-11-5-6-15(22)16(7-11)27-9-14-8-17(28-10-14)19(24)23-20-18(21(25)26-4)12(2)13(3)29-20/h5-8,10H,9H2,1-4H3,(H,23,24). The molecule has 0 aliphatic rings. The summed E-state index contributed by atoms with van der Waals surface area (Å²) in [6.45, 7) is 6.01. The largest absolute Gasteiger partial charge is 0.487 e. The van der Waals surface area contributed by atoms with Crippen molar-refractivity contribution in [2.45, 2.75) is 27.4 Å². The average molecular weight is 450 g/mol. The fourth-order valence-corrected chi connectivity index (χ4v) is 4.69. The second-order valence-corrected chi connectivity index (χ2v) is 9.02. The van der Waals surface area contributed by atoms with Gasteiger partial charge in [-0.2, -0.15) is 0 Å². The van der Waals surface area contributed by atoms with Crippen molar-refractivity contribution in [3.8, 4) is 5.75 Å². The van der Waals surface area contributed by atoms with Gasteiger partial charge in [0, 0.05) is 10.4 Å². The second kappa shape index (κ2) is 8.98. The molecule has 152 valence electrons. The summed E-state index contributed by atoms with van der Waals surface area (Å²) >= 11 is 8.82. The lowest BCUT2D eigenvalue weighted by Crippen LogP contribution is -2.13. The van der Waals surface area contributed by atoms with Crippen molar-refractivity contribution in [1.82, 2.24) is 0 Å². The monoisotopic (exact) mass is 449 g/mol. The highest BCUT2D eigenvalue weighted by molar-refractivity contribution is 7.17. The third-order valence-corrected chi connectivity index (χ3v) is 6.77. The number of halogens is 1. The third kappa shape index (κ3) is 4.80. The first-order valence-electron chi connectivity index (χ1n) is 8.76. The Kier molecular flexibility index (Phi) is 6.62. The van der Waals surface area contributed by atoms with Gasteiger partial charge in [-0.15, -0.1) is 22.7 Å². The highest BCUT2D eigenvalue weighted by atomic mass is 35.5. The number of thiophene rings is 2. The summed E-state index contributed by atoms with van der Waals surface area (Å²) in [5.74, 6) is -0.130. The van der Waals surface area contributed by atoms with Crippen LogP contribution in [0.3, 0.4) is 0 Å². The third-order valence-electron chi connectivity index (χ3n) is 4.36. The molecule has 0 aliphatic heterocycles. The van der Waals surface area contributed by atoms with E-state index in [1.807, 2.05) is 38.3 Å². The molecule has 0 saturated carbocycles. The van der Waals surface area contributed by atoms with Crippen molar-refractivity contribution in [2.75, 3.05) is 12.4 Å². The molecule has 1 aromatic carbocycles. The Morgan fingerprint density at radius 3 is 2.66 bits per heavy atom. The number of aryl methyl sites for hydroxylation is 2. The Morgan fingerprint density at radius 2 is 1.93 bits per heavy atom. The molecule has 1 amide bonds. The van der Waals surface area contributed by atoms with Crippen LogP contribution in [0.1, 0.15) is 41.6 Å². The molecule has 0 fully saturated rings. The summed E-state index contributed by atoms with van der Waals surface area (Å²) in [5.41, 5.74) is 3.13. The number of ether oxygens (including phenoxy) is 2. The molecule has 0 radical (unpaired) electrons. The van der Waals surface area contributed by atoms with E-state index in [1.165, 1.54) is 29.8 Å². The minimum atomic E-state index is -0.461. The molecular formula is C21H20ClNO4S2. The number of nitrogens with one attached hydrogen (secondary N) is 1. The predicted octanol–water partition coefficient (Wildman–Crippen LogP) is 6.01. The predicted molar refractivity (Wildman–Crippen MR) is 118 cm³/mol. The topological polar surface area (TPSA) is 64.6 Å². The van der Waals surface area contributed by atoms with Crippen LogP contribution in [-0.2, 0) is 11.3 Å². The van der Waals surface area contributed by atoms with Crippen LogP contribution in [0.25, 0.3) is 0 Å². The molecule has 3 aromatic rings. The van der Waals surface area contributed by atoms with Crippen LogP contribution in [0.2, 0.25) is 5.02 Å². The quantitative estimate of drug-likeness (QED) is 0.468. The van der Waals surface area contributed by atoms with E-state index in [9.17, 15) is 9.59 Å². The summed E-state index contributed by atoms with van der Waals surface area (Å²) in [6, 6.07) is 7.36. The fraction of sp³-hybridized carbons (Fsp3) is 0.238. The van der Waals surface area contributed by atoms with Gasteiger partial charge in [0.25, 0.3) is 5.91 Å². The summed E-state index contributed by atoms with van der Waals surface area (Å²) in [6.07, 6.45) is 0. The van der Waals surface area contributed by atoms with Gasteiger partial charge in [-0.25, -0.2) is 4.79 Å². The number of amides is 1. The second-order valence-electron chi connectivity index (χ2n) is 6.47. The lowest BCUT2D eigenvalue weighted by molar-refractivity contribution is 0.0601. The molecule has 1 N–H and O–H groups in total. The van der Waals surface area contributed by atoms with Gasteiger partial charge in [-0.05, 0) is 55.5 Å². The van der Waals surface area contributed by atoms with Gasteiger partial charge in [-0.1, -0.05) is 17.7 Å². The van der Waals surface area contributed by atoms with E-state index >= 15 is 0 Å². The summed E-state index contributed by atoms with van der Waals surface area (Å²) in [4.78, 5) is 26.2. The van der Waals surface area contributed by atoms with Crippen molar-refractivity contribution in [3.63, 3.8) is 0 Å². The van der Waals surface area contributed by atoms with Crippen molar-refractivity contribution in [2.24, 2.45) is 0 Å². The first kappa shape index (κ1) is 21.4. The molecule has 0 unspecified atom stereocenters. The van der Waals surface area contributed by atoms with Gasteiger partial charge in [0.15, 0.2) is 0 Å². The van der Waals surface area contributed by atoms with Gasteiger partial charge < -0.3 is 14.8 Å². The lowest BCUT2D eigenvalue weighted by atomic mass is 10.1. The summed E-state index contributed by atoms with van der Waals surface area (Å²) < 4.78 is 10.6. The molecular weight excluding hydrogens is 430 g/mol. The average Bonchev–Trinajstić information content (AvgIpc) is 3.27. The van der Waals surface area contributed by atoms with Crippen molar-refractivity contribution in [1.29, 1.82) is 0 Å². The van der Waals surface area contributed by atoms with Crippen LogP contribution >= 0.6 is 34.3 Å². The Morgan fingerprint density at radius 1 is 1.17 bits per heavy atom. The smallest absolute Gasteiger partial charge is 0.341 e. The van der Waals surface area contributed by atoms with Crippen LogP contribution in [0.15, 0.2) is 29.6 Å². The SMILES string of the molecule is COC(=O)c1c(NC(=O)c2cc(COc3cc(C)ccc3Cl)cs2)sc(C)c1C. The van der Waals surface area contributed by atoms with Gasteiger partial charge >= 0.3 is 5.97 Å². The number of methoxy groups -OCH3 is 1. The molecule has 8 heteroatoms. The van der Waals surface area contributed by atoms with E-state index < -0.39 is 5.97 Å². The van der Waals surface area contributed by atoms with Gasteiger partial charge in [-0.3, -0.25) is 4.79 Å². The summed E-state index contributed by atoms with van der Waals surface area (Å²) in [5, 5.41) is 5.74. The normalized spacial score (nSPS) is 10.7. The van der Waals surface area contributed by atoms with Gasteiger partial charge in [0.1, 0.15) is 17.4 Å². The number of carbonyl (C=O) groups is 2. The van der Waals surface area contributed by atoms with E-state index in [2.05, 4.69) is 5.32 Å². The fourth-order valence-electron chi connectivity index (χ4n) is 2.68. The Hall–Kier alpha value is -2.35. The molecule has 0 saturated heterocycles. The molecule has 2 aromatic heterocycles. The van der Waals surface area contributed by atoms with E-state index in [-0.39, 0.29) is 5.91 Å². The van der Waals surface area contributed by atoms with Crippen molar-refractivity contribution in [3.05, 3.63) is 66.7 Å². The van der Waals surface area contributed by atoms with Gasteiger partial charge in [0.05, 0.1) is 22.6 Å². The number of esters is 1. The molecule has 2 heterocycles. The van der Waals surface area contributed by atoms with Crippen molar-refractivity contribution < 1.29 is 19.1 Å². The number of hydrogen-bond acceptors (Lipinski definition) is 6. The first-order chi connectivity index (χ1) is 13.8. The maximum atomic E-state index is 12.7. The van der Waals surface area contributed by atoms with Crippen LogP contribution in [-0.4, -0.2) is 19.0 Å². The zero-order valence-electron chi connectivity index (χ0n) is 16.4. The number of carbonyl (C=O) groups excluding carboxylic acids is 2. The van der Waals surface area contributed by atoms with Gasteiger partial charge in [0.2, 0.25) is 0 Å². The van der Waals surface area contributed by atoms with E-state index in [0.29, 0.717) is 32.8 Å². The number of anilines is 1. The minimum absolute atomic E-state index is 0.277. The van der Waals surface area contributed by atoms with Crippen LogP contribution in [0.5, 0.6) is 5.75 Å². The van der Waals surface area contributed by atoms with Crippen LogP contribution in [0, 0.1) is 20.8 Å². The highest BCUT2D eigenvalue weighted by Gasteiger charge is 2.22. The Bertz CT molecular complexity index is 1070. The first-order valence-corrected chi connectivity index (χ1v) is 10.8. The minimum Gasteiger partial charge on any atom is -0.487 e. The van der Waals surface area contributed by atoms with E-state index in [4.69, 9.17) is 21.1 Å². The number of hydrogen-bond donors (Lipinski definition) is 1. The molecule has 0 atom stereocenters. The van der Waals surface area contributed by atoms with Crippen molar-refractivity contribution >= 4 is 51.2 Å². The summed E-state index contributed by atoms with van der Waals surface area (Å²) in [7, 11) is 1.33.